The first-order valence-corrected chi connectivity index (χ1v) is 7.57. The molecule has 1 rings (SSSR count). The number of aryl methyl sites for hydroxylation is 1. The third-order valence-corrected chi connectivity index (χ3v) is 3.42. The van der Waals surface area contributed by atoms with Gasteiger partial charge in [-0.05, 0) is 32.2 Å². The minimum absolute atomic E-state index is 0.0222. The topological polar surface area (TPSA) is 72.9 Å². The molecule has 1 heterocycles. The van der Waals surface area contributed by atoms with Crippen LogP contribution in [0.5, 0.6) is 0 Å². The van der Waals surface area contributed by atoms with E-state index in [9.17, 15) is 4.79 Å². The van der Waals surface area contributed by atoms with Gasteiger partial charge in [-0.25, -0.2) is 0 Å². The Labute approximate surface area is 121 Å². The van der Waals surface area contributed by atoms with E-state index >= 15 is 0 Å². The molecule has 0 aliphatic rings. The first kappa shape index (κ1) is 16.7. The average Bonchev–Trinajstić information content (AvgIpc) is 2.76. The van der Waals surface area contributed by atoms with Crippen molar-refractivity contribution in [2.75, 3.05) is 13.1 Å². The second kappa shape index (κ2) is 8.74. The normalized spacial score (nSPS) is 11.1. The number of nitrogens with two attached hydrogens (primary N) is 1. The Morgan fingerprint density at radius 2 is 2.15 bits per heavy atom. The molecule has 0 atom stereocenters. The van der Waals surface area contributed by atoms with E-state index < -0.39 is 0 Å². The molecule has 0 aromatic carbocycles. The highest BCUT2D eigenvalue weighted by atomic mass is 16.1. The molecule has 3 N–H and O–H groups in total. The quantitative estimate of drug-likeness (QED) is 0.680. The van der Waals surface area contributed by atoms with Crippen LogP contribution in [-0.2, 0) is 6.54 Å². The van der Waals surface area contributed by atoms with Crippen LogP contribution in [-0.4, -0.2) is 28.8 Å². The lowest BCUT2D eigenvalue weighted by Crippen LogP contribution is -2.25. The molecule has 114 valence electrons. The van der Waals surface area contributed by atoms with Gasteiger partial charge in [0.15, 0.2) is 0 Å². The summed E-state index contributed by atoms with van der Waals surface area (Å²) < 4.78 is 1.85. The molecule has 5 nitrogen and oxygen atoms in total. The number of aromatic nitrogens is 2. The molecule has 0 spiro atoms. The van der Waals surface area contributed by atoms with Gasteiger partial charge in [0.2, 0.25) is 0 Å². The van der Waals surface area contributed by atoms with Gasteiger partial charge in [0.05, 0.1) is 11.8 Å². The van der Waals surface area contributed by atoms with Crippen molar-refractivity contribution in [1.29, 1.82) is 0 Å². The molecule has 0 saturated carbocycles. The van der Waals surface area contributed by atoms with Gasteiger partial charge >= 0.3 is 0 Å². The number of unbranched alkanes of at least 4 members (excludes halogenated alkanes) is 1. The van der Waals surface area contributed by atoms with Crippen LogP contribution in [0.15, 0.2) is 6.20 Å². The lowest BCUT2D eigenvalue weighted by molar-refractivity contribution is 0.0952. The second-order valence-electron chi connectivity index (χ2n) is 5.65. The lowest BCUT2D eigenvalue weighted by atomic mass is 10.1. The van der Waals surface area contributed by atoms with E-state index in [0.29, 0.717) is 12.1 Å². The molecule has 1 amide bonds. The van der Waals surface area contributed by atoms with Crippen molar-refractivity contribution >= 4 is 5.91 Å². The monoisotopic (exact) mass is 280 g/mol. The number of rotatable bonds is 9. The summed E-state index contributed by atoms with van der Waals surface area (Å²) in [5.74, 6) is 0.708. The van der Waals surface area contributed by atoms with Gasteiger partial charge in [-0.2, -0.15) is 5.10 Å². The number of hydrogen-bond donors (Lipinski definition) is 2. The summed E-state index contributed by atoms with van der Waals surface area (Å²) in [4.78, 5) is 12.1. The van der Waals surface area contributed by atoms with E-state index in [4.69, 9.17) is 5.73 Å². The van der Waals surface area contributed by atoms with Crippen LogP contribution < -0.4 is 11.1 Å². The van der Waals surface area contributed by atoms with Crippen molar-refractivity contribution in [2.45, 2.75) is 53.0 Å². The van der Waals surface area contributed by atoms with E-state index in [1.807, 2.05) is 11.6 Å². The summed E-state index contributed by atoms with van der Waals surface area (Å²) in [6, 6.07) is 0. The Hall–Kier alpha value is -1.36. The van der Waals surface area contributed by atoms with Crippen molar-refractivity contribution in [3.63, 3.8) is 0 Å². The van der Waals surface area contributed by atoms with Crippen molar-refractivity contribution in [1.82, 2.24) is 15.1 Å². The fraction of sp³-hybridized carbons (Fsp3) is 0.733. The van der Waals surface area contributed by atoms with E-state index in [-0.39, 0.29) is 5.91 Å². The van der Waals surface area contributed by atoms with Gasteiger partial charge in [-0.1, -0.05) is 26.7 Å². The number of nitrogens with zero attached hydrogens (tertiary/aromatic N) is 2. The highest BCUT2D eigenvalue weighted by Crippen LogP contribution is 2.08. The van der Waals surface area contributed by atoms with Crippen molar-refractivity contribution in [2.24, 2.45) is 11.7 Å². The Morgan fingerprint density at radius 3 is 2.80 bits per heavy atom. The fourth-order valence-corrected chi connectivity index (χ4v) is 2.11. The van der Waals surface area contributed by atoms with Crippen LogP contribution in [0.1, 0.15) is 55.6 Å². The average molecular weight is 280 g/mol. The van der Waals surface area contributed by atoms with Crippen LogP contribution in [0.25, 0.3) is 0 Å². The van der Waals surface area contributed by atoms with Gasteiger partial charge in [-0.15, -0.1) is 0 Å². The molecule has 20 heavy (non-hydrogen) atoms. The van der Waals surface area contributed by atoms with Crippen molar-refractivity contribution in [3.8, 4) is 0 Å². The zero-order valence-corrected chi connectivity index (χ0v) is 13.0. The maximum Gasteiger partial charge on any atom is 0.254 e. The molecule has 0 unspecified atom stereocenters. The minimum Gasteiger partial charge on any atom is -0.352 e. The second-order valence-corrected chi connectivity index (χ2v) is 5.65. The Bertz CT molecular complexity index is 412. The predicted octanol–water partition coefficient (Wildman–Crippen LogP) is 2.10. The minimum atomic E-state index is -0.0222. The fourth-order valence-electron chi connectivity index (χ4n) is 2.11. The largest absolute Gasteiger partial charge is 0.352 e. The third kappa shape index (κ3) is 5.33. The molecule has 0 aliphatic carbocycles. The first-order chi connectivity index (χ1) is 9.56. The molecule has 5 heteroatoms. The summed E-state index contributed by atoms with van der Waals surface area (Å²) in [6.45, 7) is 8.51. The van der Waals surface area contributed by atoms with Crippen molar-refractivity contribution in [3.05, 3.63) is 17.5 Å². The summed E-state index contributed by atoms with van der Waals surface area (Å²) in [7, 11) is 0. The molecule has 0 saturated heterocycles. The van der Waals surface area contributed by atoms with Crippen LogP contribution in [0.2, 0.25) is 0 Å². The summed E-state index contributed by atoms with van der Waals surface area (Å²) >= 11 is 0. The standard InChI is InChI=1S/C15H28N4O/c1-12(2)7-4-5-9-17-15(20)14-11-18-19(13(14)3)10-6-8-16/h11-12H,4-10,16H2,1-3H3,(H,17,20). The molecule has 0 radical (unpaired) electrons. The summed E-state index contributed by atoms with van der Waals surface area (Å²) in [5, 5.41) is 7.21. The lowest BCUT2D eigenvalue weighted by Gasteiger charge is -2.07. The Morgan fingerprint density at radius 1 is 1.40 bits per heavy atom. The van der Waals surface area contributed by atoms with Gasteiger partial charge < -0.3 is 11.1 Å². The van der Waals surface area contributed by atoms with Crippen LogP contribution >= 0.6 is 0 Å². The molecule has 1 aromatic rings. The van der Waals surface area contributed by atoms with E-state index in [0.717, 1.165) is 44.0 Å². The van der Waals surface area contributed by atoms with Gasteiger partial charge in [0.1, 0.15) is 0 Å². The van der Waals surface area contributed by atoms with Gasteiger partial charge in [-0.3, -0.25) is 9.48 Å². The Kier molecular flexibility index (Phi) is 7.30. The molecular formula is C15H28N4O. The maximum absolute atomic E-state index is 12.1. The van der Waals surface area contributed by atoms with Crippen LogP contribution in [0, 0.1) is 12.8 Å². The summed E-state index contributed by atoms with van der Waals surface area (Å²) in [6.07, 6.45) is 5.93. The van der Waals surface area contributed by atoms with Crippen LogP contribution in [0.3, 0.4) is 0 Å². The van der Waals surface area contributed by atoms with Crippen LogP contribution in [0.4, 0.5) is 0 Å². The zero-order chi connectivity index (χ0) is 15.0. The third-order valence-electron chi connectivity index (χ3n) is 3.42. The van der Waals surface area contributed by atoms with Crippen molar-refractivity contribution < 1.29 is 4.79 Å². The highest BCUT2D eigenvalue weighted by molar-refractivity contribution is 5.94. The summed E-state index contributed by atoms with van der Waals surface area (Å²) in [5.41, 5.74) is 7.08. The first-order valence-electron chi connectivity index (χ1n) is 7.57. The van der Waals surface area contributed by atoms with E-state index in [1.165, 1.54) is 6.42 Å². The Balaban J connectivity index is 2.38. The smallest absolute Gasteiger partial charge is 0.254 e. The van der Waals surface area contributed by atoms with E-state index in [1.54, 1.807) is 6.20 Å². The maximum atomic E-state index is 12.1. The zero-order valence-electron chi connectivity index (χ0n) is 13.0. The molecule has 0 aliphatic heterocycles. The van der Waals surface area contributed by atoms with Gasteiger partial charge in [0, 0.05) is 18.8 Å². The number of nitrogens with one attached hydrogen (secondary N) is 1. The predicted molar refractivity (Wildman–Crippen MR) is 81.7 cm³/mol. The molecule has 1 aromatic heterocycles. The number of amides is 1. The number of carbonyl (C=O) groups is 1. The highest BCUT2D eigenvalue weighted by Gasteiger charge is 2.13. The van der Waals surface area contributed by atoms with E-state index in [2.05, 4.69) is 24.3 Å². The number of carbonyl (C=O) groups excluding carboxylic acids is 1. The molecule has 0 bridgehead atoms. The molecular weight excluding hydrogens is 252 g/mol. The SMILES string of the molecule is Cc1c(C(=O)NCCCCC(C)C)cnn1CCCN. The van der Waals surface area contributed by atoms with Gasteiger partial charge in [0.25, 0.3) is 5.91 Å². The number of hydrogen-bond acceptors (Lipinski definition) is 3. The molecule has 0 fully saturated rings.